The molecule has 0 amide bonds. The van der Waals surface area contributed by atoms with Crippen LogP contribution in [0.5, 0.6) is 5.75 Å². The van der Waals surface area contributed by atoms with Crippen molar-refractivity contribution < 1.29 is 23.8 Å². The van der Waals surface area contributed by atoms with Gasteiger partial charge < -0.3 is 18.8 Å². The van der Waals surface area contributed by atoms with Crippen molar-refractivity contribution in [3.05, 3.63) is 96.3 Å². The Labute approximate surface area is 253 Å². The fourth-order valence-corrected chi connectivity index (χ4v) is 6.49. The number of ether oxygens (including phenoxy) is 3. The minimum atomic E-state index is -0.793. The summed E-state index contributed by atoms with van der Waals surface area (Å²) in [4.78, 5) is 45.2. The number of allylic oxidation sites excluding steroid dienone is 1. The number of thiazole rings is 1. The third-order valence-electron chi connectivity index (χ3n) is 7.24. The second kappa shape index (κ2) is 12.4. The van der Waals surface area contributed by atoms with E-state index in [1.54, 1.807) is 25.3 Å². The summed E-state index contributed by atoms with van der Waals surface area (Å²) in [7, 11) is 0. The number of rotatable bonds is 9. The molecule has 0 radical (unpaired) electrons. The second-order valence-corrected chi connectivity index (χ2v) is 11.4. The van der Waals surface area contributed by atoms with Crippen LogP contribution in [0.25, 0.3) is 17.0 Å². The van der Waals surface area contributed by atoms with Gasteiger partial charge in [-0.25, -0.2) is 9.79 Å². The number of carbonyl (C=O) groups excluding carboxylic acids is 2. The molecule has 224 valence electrons. The molecule has 0 N–H and O–H groups in total. The van der Waals surface area contributed by atoms with Crippen molar-refractivity contribution in [2.45, 2.75) is 60.2 Å². The maximum absolute atomic E-state index is 14.3. The number of carbonyl (C=O) groups is 2. The third kappa shape index (κ3) is 5.67. The van der Waals surface area contributed by atoms with Gasteiger partial charge in [-0.15, -0.1) is 0 Å². The van der Waals surface area contributed by atoms with E-state index in [1.807, 2.05) is 79.9 Å². The molecule has 3 heterocycles. The highest BCUT2D eigenvalue weighted by Crippen LogP contribution is 2.36. The maximum atomic E-state index is 14.3. The van der Waals surface area contributed by atoms with Gasteiger partial charge in [0.05, 0.1) is 35.1 Å². The highest BCUT2D eigenvalue weighted by atomic mass is 32.1. The summed E-state index contributed by atoms with van der Waals surface area (Å²) in [6.45, 7) is 11.6. The minimum Gasteiger partial charge on any atom is -0.491 e. The smallest absolute Gasteiger partial charge is 0.338 e. The van der Waals surface area contributed by atoms with E-state index in [-0.39, 0.29) is 30.8 Å². The Morgan fingerprint density at radius 1 is 1.02 bits per heavy atom. The summed E-state index contributed by atoms with van der Waals surface area (Å²) >= 11 is 1.25. The van der Waals surface area contributed by atoms with Crippen LogP contribution in [0.1, 0.15) is 57.5 Å². The summed E-state index contributed by atoms with van der Waals surface area (Å²) in [5.41, 5.74) is 3.68. The van der Waals surface area contributed by atoms with Crippen LogP contribution >= 0.6 is 11.3 Å². The van der Waals surface area contributed by atoms with E-state index in [2.05, 4.69) is 0 Å². The topological polar surface area (TPSA) is 101 Å². The number of hydrogen-bond acceptors (Lipinski definition) is 8. The first-order valence-corrected chi connectivity index (χ1v) is 15.2. The predicted octanol–water partition coefficient (Wildman–Crippen LogP) is 4.41. The van der Waals surface area contributed by atoms with Crippen LogP contribution in [0.2, 0.25) is 0 Å². The fraction of sp³-hybridized carbons (Fsp3) is 0.333. The first-order valence-electron chi connectivity index (χ1n) is 14.3. The largest absolute Gasteiger partial charge is 0.491 e. The van der Waals surface area contributed by atoms with Gasteiger partial charge in [0.1, 0.15) is 18.3 Å². The lowest BCUT2D eigenvalue weighted by Crippen LogP contribution is -2.40. The lowest BCUT2D eigenvalue weighted by Gasteiger charge is -2.26. The molecule has 4 aromatic rings. The summed E-state index contributed by atoms with van der Waals surface area (Å²) in [6, 6.07) is 14.4. The van der Waals surface area contributed by atoms with Crippen molar-refractivity contribution in [2.24, 2.45) is 4.99 Å². The first-order chi connectivity index (χ1) is 20.7. The zero-order valence-corrected chi connectivity index (χ0v) is 26.0. The van der Waals surface area contributed by atoms with Crippen LogP contribution in [0.4, 0.5) is 0 Å². The van der Waals surface area contributed by atoms with Crippen molar-refractivity contribution in [3.8, 4) is 5.75 Å². The highest BCUT2D eigenvalue weighted by Gasteiger charge is 2.35. The number of fused-ring (bicyclic) bond motifs is 2. The van der Waals surface area contributed by atoms with Crippen molar-refractivity contribution in [1.29, 1.82) is 0 Å². The van der Waals surface area contributed by atoms with Crippen molar-refractivity contribution in [3.63, 3.8) is 0 Å². The first kappa shape index (κ1) is 30.0. The van der Waals surface area contributed by atoms with E-state index in [0.29, 0.717) is 38.5 Å². The van der Waals surface area contributed by atoms with Gasteiger partial charge >= 0.3 is 11.9 Å². The Bertz CT molecular complexity index is 1930. The Morgan fingerprint density at radius 3 is 2.44 bits per heavy atom. The van der Waals surface area contributed by atoms with Crippen molar-refractivity contribution in [2.75, 3.05) is 13.2 Å². The van der Waals surface area contributed by atoms with Crippen LogP contribution in [0.3, 0.4) is 0 Å². The predicted molar refractivity (Wildman–Crippen MR) is 166 cm³/mol. The van der Waals surface area contributed by atoms with Crippen LogP contribution in [-0.4, -0.2) is 40.4 Å². The summed E-state index contributed by atoms with van der Waals surface area (Å²) in [6.07, 6.45) is 1.73. The maximum Gasteiger partial charge on any atom is 0.338 e. The molecule has 43 heavy (non-hydrogen) atoms. The Kier molecular flexibility index (Phi) is 8.68. The molecule has 1 atom stereocenters. The van der Waals surface area contributed by atoms with Gasteiger partial charge in [0.15, 0.2) is 4.80 Å². The molecule has 0 aliphatic carbocycles. The SMILES string of the molecule is CCOC(=O)Cn1c(C)c(/C=c2\sc3n(c2=O)[C@@H](c2ccccc2OC(C)C)C(C(=O)OCC)=C(C)N=3)c2ccccc21. The van der Waals surface area contributed by atoms with Crippen LogP contribution in [0.15, 0.2) is 69.6 Å². The number of nitrogens with zero attached hydrogens (tertiary/aromatic N) is 3. The van der Waals surface area contributed by atoms with E-state index in [1.165, 1.54) is 11.3 Å². The van der Waals surface area contributed by atoms with Gasteiger partial charge in [0.2, 0.25) is 0 Å². The van der Waals surface area contributed by atoms with E-state index < -0.39 is 12.0 Å². The molecule has 10 heteroatoms. The molecule has 0 saturated carbocycles. The zero-order valence-electron chi connectivity index (χ0n) is 25.2. The molecular weight excluding hydrogens is 566 g/mol. The van der Waals surface area contributed by atoms with E-state index in [0.717, 1.165) is 22.2 Å². The molecular formula is C33H35N3O6S. The zero-order chi connectivity index (χ0) is 30.8. The number of aromatic nitrogens is 2. The normalized spacial score (nSPS) is 15.0. The molecule has 9 nitrogen and oxygen atoms in total. The van der Waals surface area contributed by atoms with Gasteiger partial charge in [-0.05, 0) is 59.8 Å². The second-order valence-electron chi connectivity index (χ2n) is 10.4. The molecule has 0 unspecified atom stereocenters. The number of benzene rings is 2. The molecule has 5 rings (SSSR count). The number of para-hydroxylation sites is 2. The molecule has 2 aromatic heterocycles. The van der Waals surface area contributed by atoms with E-state index in [4.69, 9.17) is 19.2 Å². The molecule has 1 aliphatic heterocycles. The Hall–Kier alpha value is -4.44. The Morgan fingerprint density at radius 2 is 1.72 bits per heavy atom. The van der Waals surface area contributed by atoms with E-state index >= 15 is 0 Å². The van der Waals surface area contributed by atoms with Crippen LogP contribution < -0.4 is 19.6 Å². The third-order valence-corrected chi connectivity index (χ3v) is 8.22. The number of hydrogen-bond donors (Lipinski definition) is 0. The molecule has 1 aliphatic rings. The fourth-order valence-electron chi connectivity index (χ4n) is 5.46. The van der Waals surface area contributed by atoms with Crippen LogP contribution in [0, 0.1) is 6.92 Å². The van der Waals surface area contributed by atoms with Gasteiger partial charge in [-0.3, -0.25) is 14.2 Å². The molecule has 0 fully saturated rings. The standard InChI is InChI=1S/C33H35N3O6S/c1-7-40-28(37)18-35-21(6)24(22-13-9-11-15-25(22)35)17-27-31(38)36-30(23-14-10-12-16-26(23)42-19(3)4)29(32(39)41-8-2)20(5)34-33(36)43-27/h9-17,19,30H,7-8,18H2,1-6H3/b27-17-/t30-/m0/s1. The van der Waals surface area contributed by atoms with Crippen LogP contribution in [-0.2, 0) is 25.6 Å². The lowest BCUT2D eigenvalue weighted by molar-refractivity contribution is -0.143. The average molecular weight is 602 g/mol. The van der Waals surface area contributed by atoms with Gasteiger partial charge in [-0.2, -0.15) is 0 Å². The van der Waals surface area contributed by atoms with E-state index in [9.17, 15) is 14.4 Å². The molecule has 2 aromatic carbocycles. The minimum absolute atomic E-state index is 0.0595. The van der Waals surface area contributed by atoms with Gasteiger partial charge in [0.25, 0.3) is 5.56 Å². The Balaban J connectivity index is 1.75. The highest BCUT2D eigenvalue weighted by molar-refractivity contribution is 7.07. The summed E-state index contributed by atoms with van der Waals surface area (Å²) in [5.74, 6) is -0.284. The van der Waals surface area contributed by atoms with Gasteiger partial charge in [-0.1, -0.05) is 47.7 Å². The summed E-state index contributed by atoms with van der Waals surface area (Å²) in [5, 5.41) is 0.908. The van der Waals surface area contributed by atoms with Crippen molar-refractivity contribution >= 4 is 40.3 Å². The van der Waals surface area contributed by atoms with Crippen molar-refractivity contribution in [1.82, 2.24) is 9.13 Å². The monoisotopic (exact) mass is 601 g/mol. The molecule has 0 spiro atoms. The lowest BCUT2D eigenvalue weighted by atomic mass is 9.95. The summed E-state index contributed by atoms with van der Waals surface area (Å²) < 4.78 is 20.7. The molecule has 0 saturated heterocycles. The molecule has 0 bridgehead atoms. The number of esters is 2. The quantitative estimate of drug-likeness (QED) is 0.264. The van der Waals surface area contributed by atoms with Gasteiger partial charge in [0, 0.05) is 27.7 Å². The average Bonchev–Trinajstić information content (AvgIpc) is 3.41.